The van der Waals surface area contributed by atoms with E-state index < -0.39 is 0 Å². The van der Waals surface area contributed by atoms with Gasteiger partial charge in [0.15, 0.2) is 0 Å². The average molecular weight is 753 g/mol. The van der Waals surface area contributed by atoms with Crippen molar-refractivity contribution in [2.75, 3.05) is 4.90 Å². The summed E-state index contributed by atoms with van der Waals surface area (Å²) >= 11 is 0. The van der Waals surface area contributed by atoms with E-state index in [2.05, 4.69) is 216 Å². The van der Waals surface area contributed by atoms with Gasteiger partial charge in [0.1, 0.15) is 11.2 Å². The van der Waals surface area contributed by atoms with Gasteiger partial charge in [-0.05, 0) is 98.4 Å². The van der Waals surface area contributed by atoms with E-state index in [1.165, 1.54) is 49.0 Å². The maximum atomic E-state index is 6.52. The van der Waals surface area contributed by atoms with Crippen LogP contribution in [-0.4, -0.2) is 4.57 Å². The highest BCUT2D eigenvalue weighted by Gasteiger charge is 2.24. The van der Waals surface area contributed by atoms with E-state index in [-0.39, 0.29) is 0 Å². The number of rotatable bonds is 6. The normalized spacial score (nSPS) is 11.7. The second kappa shape index (κ2) is 13.4. The van der Waals surface area contributed by atoms with E-state index in [0.29, 0.717) is 0 Å². The number of fused-ring (bicyclic) bond motifs is 9. The molecular weight excluding hydrogens is 717 g/mol. The molecule has 0 N–H and O–H groups in total. The molecule has 0 fully saturated rings. The van der Waals surface area contributed by atoms with Crippen molar-refractivity contribution in [3.8, 4) is 27.9 Å². The van der Waals surface area contributed by atoms with Crippen LogP contribution in [0, 0.1) is 0 Å². The Hall–Kier alpha value is -7.88. The zero-order chi connectivity index (χ0) is 38.9. The molecule has 12 aromatic rings. The Bertz CT molecular complexity index is 3570. The largest absolute Gasteiger partial charge is 0.456 e. The first-order valence-corrected chi connectivity index (χ1v) is 20.2. The molecule has 0 spiro atoms. The van der Waals surface area contributed by atoms with Crippen LogP contribution in [0.2, 0.25) is 0 Å². The van der Waals surface area contributed by atoms with Gasteiger partial charge in [-0.15, -0.1) is 0 Å². The fourth-order valence-corrected chi connectivity index (χ4v) is 9.35. The third-order valence-electron chi connectivity index (χ3n) is 12.0. The third-order valence-corrected chi connectivity index (χ3v) is 12.0. The monoisotopic (exact) mass is 752 g/mol. The number of furan rings is 1. The second-order valence-corrected chi connectivity index (χ2v) is 15.3. The Labute approximate surface area is 341 Å². The summed E-state index contributed by atoms with van der Waals surface area (Å²) in [6, 6.07) is 78.8. The summed E-state index contributed by atoms with van der Waals surface area (Å²) in [6.45, 7) is 0. The van der Waals surface area contributed by atoms with Gasteiger partial charge in [0.25, 0.3) is 0 Å². The molecule has 0 saturated heterocycles. The highest BCUT2D eigenvalue weighted by molar-refractivity contribution is 6.26. The molecule has 0 saturated carbocycles. The number of anilines is 3. The van der Waals surface area contributed by atoms with Crippen molar-refractivity contribution in [1.82, 2.24) is 4.57 Å². The zero-order valence-electron chi connectivity index (χ0n) is 32.1. The maximum absolute atomic E-state index is 6.52. The van der Waals surface area contributed by atoms with Crippen LogP contribution in [-0.2, 0) is 0 Å². The molecule has 0 radical (unpaired) electrons. The van der Waals surface area contributed by atoms with Gasteiger partial charge in [-0.2, -0.15) is 0 Å². The van der Waals surface area contributed by atoms with Crippen LogP contribution in [0.15, 0.2) is 223 Å². The zero-order valence-corrected chi connectivity index (χ0v) is 32.1. The topological polar surface area (TPSA) is 21.3 Å². The molecule has 3 heteroatoms. The molecule has 276 valence electrons. The summed E-state index contributed by atoms with van der Waals surface area (Å²) in [5, 5.41) is 9.65. The highest BCUT2D eigenvalue weighted by atomic mass is 16.3. The molecular formula is C56H36N2O. The van der Waals surface area contributed by atoms with Gasteiger partial charge < -0.3 is 13.9 Å². The minimum absolute atomic E-state index is 0.855. The van der Waals surface area contributed by atoms with E-state index in [1.54, 1.807) is 0 Å². The van der Waals surface area contributed by atoms with Crippen LogP contribution in [0.5, 0.6) is 0 Å². The Balaban J connectivity index is 1.16. The van der Waals surface area contributed by atoms with Gasteiger partial charge in [0, 0.05) is 39.0 Å². The molecule has 0 unspecified atom stereocenters. The molecule has 10 aromatic carbocycles. The van der Waals surface area contributed by atoms with Crippen LogP contribution in [0.4, 0.5) is 17.1 Å². The molecule has 59 heavy (non-hydrogen) atoms. The first-order chi connectivity index (χ1) is 29.3. The third kappa shape index (κ3) is 5.29. The fraction of sp³-hybridized carbons (Fsp3) is 0. The fourth-order valence-electron chi connectivity index (χ4n) is 9.35. The lowest BCUT2D eigenvalue weighted by molar-refractivity contribution is 0.669. The summed E-state index contributed by atoms with van der Waals surface area (Å²) in [7, 11) is 0. The number of nitrogens with zero attached hydrogens (tertiary/aromatic N) is 2. The van der Waals surface area contributed by atoms with Crippen molar-refractivity contribution in [3.05, 3.63) is 218 Å². The van der Waals surface area contributed by atoms with Crippen LogP contribution < -0.4 is 4.90 Å². The molecule has 0 aliphatic rings. The quantitative estimate of drug-likeness (QED) is 0.169. The van der Waals surface area contributed by atoms with E-state index in [4.69, 9.17) is 4.42 Å². The Morgan fingerprint density at radius 1 is 0.356 bits per heavy atom. The van der Waals surface area contributed by atoms with Crippen LogP contribution in [0.3, 0.4) is 0 Å². The van der Waals surface area contributed by atoms with Crippen molar-refractivity contribution >= 4 is 82.4 Å². The van der Waals surface area contributed by atoms with Crippen LogP contribution >= 0.6 is 0 Å². The average Bonchev–Trinajstić information content (AvgIpc) is 3.85. The van der Waals surface area contributed by atoms with Gasteiger partial charge in [-0.1, -0.05) is 158 Å². The Morgan fingerprint density at radius 3 is 1.88 bits per heavy atom. The minimum Gasteiger partial charge on any atom is -0.456 e. The standard InChI is InChI=1S/C56H36N2O/c1-2-15-37(16-3-1)40-20-12-21-41(35-40)57(42-32-33-47-46-24-8-11-30-53(46)59-54(47)36-42)49-27-9-10-28-50(49)58-51-29-14-26-48(45-25-13-19-38-17-4-6-22-43(38)45)56(51)55-44-23-7-5-18-39(44)31-34-52(55)58/h1-36H. The number of hydrogen-bond acceptors (Lipinski definition) is 2. The van der Waals surface area contributed by atoms with Gasteiger partial charge >= 0.3 is 0 Å². The molecule has 3 nitrogen and oxygen atoms in total. The van der Waals surface area contributed by atoms with E-state index >= 15 is 0 Å². The van der Waals surface area contributed by atoms with E-state index in [9.17, 15) is 0 Å². The SMILES string of the molecule is c1ccc(-c2cccc(N(c3ccc4c(c3)oc3ccccc34)c3ccccc3-n3c4cccc(-c5cccc6ccccc56)c4c4c5ccccc5ccc43)c2)cc1. The molecule has 0 aliphatic carbocycles. The molecule has 12 rings (SSSR count). The maximum Gasteiger partial charge on any atom is 0.137 e. The predicted octanol–water partition coefficient (Wildman–Crippen LogP) is 15.8. The lowest BCUT2D eigenvalue weighted by atomic mass is 9.93. The Kier molecular flexibility index (Phi) is 7.54. The van der Waals surface area contributed by atoms with Gasteiger partial charge in [-0.25, -0.2) is 0 Å². The Morgan fingerprint density at radius 2 is 0.983 bits per heavy atom. The molecule has 0 aliphatic heterocycles. The summed E-state index contributed by atoms with van der Waals surface area (Å²) in [4.78, 5) is 2.39. The summed E-state index contributed by atoms with van der Waals surface area (Å²) in [6.07, 6.45) is 0. The van der Waals surface area contributed by atoms with Crippen molar-refractivity contribution < 1.29 is 4.42 Å². The predicted molar refractivity (Wildman–Crippen MR) is 249 cm³/mol. The lowest BCUT2D eigenvalue weighted by Crippen LogP contribution is -2.13. The van der Waals surface area contributed by atoms with Gasteiger partial charge in [0.05, 0.1) is 22.4 Å². The van der Waals surface area contributed by atoms with Crippen LogP contribution in [0.1, 0.15) is 0 Å². The lowest BCUT2D eigenvalue weighted by Gasteiger charge is -2.28. The molecule has 0 atom stereocenters. The van der Waals surface area contributed by atoms with E-state index in [0.717, 1.165) is 61.3 Å². The van der Waals surface area contributed by atoms with E-state index in [1.807, 2.05) is 12.1 Å². The smallest absolute Gasteiger partial charge is 0.137 e. The second-order valence-electron chi connectivity index (χ2n) is 15.3. The van der Waals surface area contributed by atoms with Gasteiger partial charge in [-0.3, -0.25) is 0 Å². The molecule has 0 bridgehead atoms. The van der Waals surface area contributed by atoms with Crippen molar-refractivity contribution in [2.45, 2.75) is 0 Å². The number of hydrogen-bond donors (Lipinski definition) is 0. The minimum atomic E-state index is 0.855. The summed E-state index contributed by atoms with van der Waals surface area (Å²) in [5.74, 6) is 0. The number of aromatic nitrogens is 1. The number of para-hydroxylation sites is 3. The number of benzene rings is 10. The highest BCUT2D eigenvalue weighted by Crippen LogP contribution is 2.47. The molecule has 2 aromatic heterocycles. The van der Waals surface area contributed by atoms with Gasteiger partial charge in [0.2, 0.25) is 0 Å². The first kappa shape index (κ1) is 33.3. The first-order valence-electron chi connectivity index (χ1n) is 20.2. The summed E-state index contributed by atoms with van der Waals surface area (Å²) < 4.78 is 9.00. The summed E-state index contributed by atoms with van der Waals surface area (Å²) in [5.41, 5.74) is 13.0. The van der Waals surface area contributed by atoms with Crippen molar-refractivity contribution in [2.24, 2.45) is 0 Å². The van der Waals surface area contributed by atoms with Crippen molar-refractivity contribution in [3.63, 3.8) is 0 Å². The van der Waals surface area contributed by atoms with Crippen LogP contribution in [0.25, 0.3) is 93.2 Å². The molecule has 2 heterocycles. The molecule has 0 amide bonds. The van der Waals surface area contributed by atoms with Crippen molar-refractivity contribution in [1.29, 1.82) is 0 Å².